The molecule has 2 aromatic carbocycles. The fourth-order valence-corrected chi connectivity index (χ4v) is 3.97. The zero-order chi connectivity index (χ0) is 20.9. The lowest BCUT2D eigenvalue weighted by Gasteiger charge is -2.19. The molecule has 2 atom stereocenters. The van der Waals surface area contributed by atoms with E-state index in [2.05, 4.69) is 86.5 Å². The minimum Gasteiger partial charge on any atom is -0.379 e. The van der Waals surface area contributed by atoms with E-state index in [1.165, 1.54) is 16.7 Å². The molecule has 0 unspecified atom stereocenters. The number of hydrogen-bond acceptors (Lipinski definition) is 6. The van der Waals surface area contributed by atoms with Gasteiger partial charge in [0.2, 0.25) is 5.95 Å². The Morgan fingerprint density at radius 3 is 2.45 bits per heavy atom. The minimum atomic E-state index is 0.165. The molecule has 2 aromatic heterocycles. The van der Waals surface area contributed by atoms with Gasteiger partial charge in [0, 0.05) is 18.3 Å². The predicted molar refractivity (Wildman–Crippen MR) is 118 cm³/mol. The van der Waals surface area contributed by atoms with Crippen molar-refractivity contribution in [1.82, 2.24) is 25.2 Å². The average Bonchev–Trinajstić information content (AvgIpc) is 3.45. The van der Waals surface area contributed by atoms with Crippen molar-refractivity contribution < 1.29 is 4.74 Å². The first-order valence-corrected chi connectivity index (χ1v) is 10.5. The summed E-state index contributed by atoms with van der Waals surface area (Å²) in [6, 6.07) is 23.2. The number of rotatable bonds is 7. The summed E-state index contributed by atoms with van der Waals surface area (Å²) in [5.74, 6) is 1.03. The number of nitrogens with one attached hydrogen (secondary N) is 1. The molecular formula is C24H24N6O. The van der Waals surface area contributed by atoms with Crippen LogP contribution in [0.1, 0.15) is 11.1 Å². The molecule has 0 saturated carbocycles. The molecule has 7 nitrogen and oxygen atoms in total. The Morgan fingerprint density at radius 2 is 1.65 bits per heavy atom. The lowest BCUT2D eigenvalue weighted by molar-refractivity contribution is 0.185. The third-order valence-corrected chi connectivity index (χ3v) is 5.69. The molecule has 1 saturated heterocycles. The summed E-state index contributed by atoms with van der Waals surface area (Å²) >= 11 is 0. The van der Waals surface area contributed by atoms with Crippen molar-refractivity contribution in [3.05, 3.63) is 90.3 Å². The van der Waals surface area contributed by atoms with Crippen molar-refractivity contribution in [2.24, 2.45) is 5.92 Å². The van der Waals surface area contributed by atoms with Gasteiger partial charge >= 0.3 is 0 Å². The second kappa shape index (κ2) is 9.06. The highest BCUT2D eigenvalue weighted by Crippen LogP contribution is 2.23. The predicted octanol–water partition coefficient (Wildman–Crippen LogP) is 3.45. The molecule has 3 heterocycles. The Kier molecular flexibility index (Phi) is 5.66. The van der Waals surface area contributed by atoms with Gasteiger partial charge in [-0.3, -0.25) is 4.98 Å². The maximum atomic E-state index is 5.75. The molecule has 1 fully saturated rings. The number of nitrogens with zero attached hydrogens (tertiary/aromatic N) is 5. The fraction of sp³-hybridized carbons (Fsp3) is 0.250. The van der Waals surface area contributed by atoms with E-state index in [-0.39, 0.29) is 6.04 Å². The second-order valence-corrected chi connectivity index (χ2v) is 7.83. The van der Waals surface area contributed by atoms with E-state index in [0.717, 1.165) is 18.6 Å². The zero-order valence-corrected chi connectivity index (χ0v) is 17.1. The van der Waals surface area contributed by atoms with Crippen LogP contribution in [-0.4, -0.2) is 44.4 Å². The smallest absolute Gasteiger partial charge is 0.243 e. The summed E-state index contributed by atoms with van der Waals surface area (Å²) in [5, 5.41) is 15.8. The highest BCUT2D eigenvalue weighted by Gasteiger charge is 2.29. The van der Waals surface area contributed by atoms with Gasteiger partial charge in [-0.15, -0.1) is 0 Å². The molecule has 4 aromatic rings. The molecule has 0 amide bonds. The van der Waals surface area contributed by atoms with Crippen LogP contribution < -0.4 is 5.32 Å². The number of aromatic nitrogens is 5. The largest absolute Gasteiger partial charge is 0.379 e. The van der Waals surface area contributed by atoms with Crippen LogP contribution in [0.3, 0.4) is 0 Å². The van der Waals surface area contributed by atoms with E-state index in [4.69, 9.17) is 4.74 Å². The number of anilines is 1. The SMILES string of the molecule is c1ccc(-c2ccc(Cn3nnnc3N[C@H]3COC[C@H]3Cc3ccncc3)cc2)cc1. The van der Waals surface area contributed by atoms with Crippen LogP contribution >= 0.6 is 0 Å². The van der Waals surface area contributed by atoms with Crippen LogP contribution in [0.15, 0.2) is 79.1 Å². The number of hydrogen-bond donors (Lipinski definition) is 1. The molecule has 156 valence electrons. The molecule has 1 aliphatic rings. The first-order chi connectivity index (χ1) is 15.3. The number of pyridine rings is 1. The van der Waals surface area contributed by atoms with E-state index in [1.54, 1.807) is 4.68 Å². The average molecular weight is 412 g/mol. The molecule has 31 heavy (non-hydrogen) atoms. The van der Waals surface area contributed by atoms with Gasteiger partial charge in [-0.2, -0.15) is 0 Å². The third-order valence-electron chi connectivity index (χ3n) is 5.69. The molecule has 0 bridgehead atoms. The lowest BCUT2D eigenvalue weighted by atomic mass is 9.95. The summed E-state index contributed by atoms with van der Waals surface area (Å²) < 4.78 is 7.55. The highest BCUT2D eigenvalue weighted by molar-refractivity contribution is 5.63. The Hall–Kier alpha value is -3.58. The third kappa shape index (κ3) is 4.62. The van der Waals surface area contributed by atoms with E-state index < -0.39 is 0 Å². The maximum Gasteiger partial charge on any atom is 0.243 e. The molecule has 0 aliphatic carbocycles. The van der Waals surface area contributed by atoms with Gasteiger partial charge in [-0.05, 0) is 51.2 Å². The van der Waals surface area contributed by atoms with Gasteiger partial charge in [0.25, 0.3) is 0 Å². The van der Waals surface area contributed by atoms with E-state index >= 15 is 0 Å². The van der Waals surface area contributed by atoms with Crippen LogP contribution in [0.2, 0.25) is 0 Å². The second-order valence-electron chi connectivity index (χ2n) is 7.83. The Morgan fingerprint density at radius 1 is 0.871 bits per heavy atom. The maximum absolute atomic E-state index is 5.75. The Bertz CT molecular complexity index is 1100. The van der Waals surface area contributed by atoms with Gasteiger partial charge in [0.1, 0.15) is 0 Å². The monoisotopic (exact) mass is 412 g/mol. The van der Waals surface area contributed by atoms with Crippen molar-refractivity contribution in [3.63, 3.8) is 0 Å². The van der Waals surface area contributed by atoms with E-state index in [0.29, 0.717) is 25.0 Å². The summed E-state index contributed by atoms with van der Waals surface area (Å²) in [5.41, 5.74) is 4.81. The van der Waals surface area contributed by atoms with Gasteiger partial charge < -0.3 is 10.1 Å². The fourth-order valence-electron chi connectivity index (χ4n) is 3.97. The molecule has 5 rings (SSSR count). The highest BCUT2D eigenvalue weighted by atomic mass is 16.5. The number of ether oxygens (including phenoxy) is 1. The summed E-state index contributed by atoms with van der Waals surface area (Å²) in [4.78, 5) is 4.10. The normalized spacial score (nSPS) is 18.2. The van der Waals surface area contributed by atoms with Crippen molar-refractivity contribution in [1.29, 1.82) is 0 Å². The standard InChI is InChI=1S/C24H24N6O/c1-2-4-20(5-3-1)21-8-6-19(7-9-21)15-30-24(27-28-29-30)26-23-17-31-16-22(23)14-18-10-12-25-13-11-18/h1-13,22-23H,14-17H2,(H,26,27,29)/t22-,23+/m1/s1. The first kappa shape index (κ1) is 19.4. The summed E-state index contributed by atoms with van der Waals surface area (Å²) in [7, 11) is 0. The Labute approximate surface area is 181 Å². The van der Waals surface area contributed by atoms with E-state index in [9.17, 15) is 0 Å². The van der Waals surface area contributed by atoms with E-state index in [1.807, 2.05) is 18.5 Å². The van der Waals surface area contributed by atoms with Gasteiger partial charge in [0.05, 0.1) is 25.8 Å². The Balaban J connectivity index is 1.25. The van der Waals surface area contributed by atoms with Crippen LogP contribution in [0.25, 0.3) is 11.1 Å². The quantitative estimate of drug-likeness (QED) is 0.501. The molecule has 1 aliphatic heterocycles. The van der Waals surface area contributed by atoms with Crippen LogP contribution in [0, 0.1) is 5.92 Å². The van der Waals surface area contributed by atoms with Gasteiger partial charge in [-0.1, -0.05) is 59.7 Å². The van der Waals surface area contributed by atoms with Crippen LogP contribution in [0.5, 0.6) is 0 Å². The van der Waals surface area contributed by atoms with Crippen molar-refractivity contribution >= 4 is 5.95 Å². The topological polar surface area (TPSA) is 77.8 Å². The minimum absolute atomic E-state index is 0.165. The molecule has 1 N–H and O–H groups in total. The zero-order valence-electron chi connectivity index (χ0n) is 17.1. The van der Waals surface area contributed by atoms with Gasteiger partial charge in [-0.25, -0.2) is 4.68 Å². The number of benzene rings is 2. The molecular weight excluding hydrogens is 388 g/mol. The molecule has 0 radical (unpaired) electrons. The van der Waals surface area contributed by atoms with Crippen molar-refractivity contribution in [2.75, 3.05) is 18.5 Å². The van der Waals surface area contributed by atoms with Gasteiger partial charge in [0.15, 0.2) is 0 Å². The lowest BCUT2D eigenvalue weighted by Crippen LogP contribution is -2.30. The molecule has 0 spiro atoms. The number of tetrazole rings is 1. The summed E-state index contributed by atoms with van der Waals surface area (Å²) in [6.07, 6.45) is 4.59. The van der Waals surface area contributed by atoms with Crippen molar-refractivity contribution in [2.45, 2.75) is 19.0 Å². The first-order valence-electron chi connectivity index (χ1n) is 10.5. The summed E-state index contributed by atoms with van der Waals surface area (Å²) in [6.45, 7) is 1.98. The molecule has 7 heteroatoms. The van der Waals surface area contributed by atoms with Crippen LogP contribution in [0.4, 0.5) is 5.95 Å². The van der Waals surface area contributed by atoms with Crippen molar-refractivity contribution in [3.8, 4) is 11.1 Å². The van der Waals surface area contributed by atoms with Crippen LogP contribution in [-0.2, 0) is 17.7 Å².